The third kappa shape index (κ3) is 15.8. The molecule has 0 aromatic rings. The van der Waals surface area contributed by atoms with Gasteiger partial charge in [-0.3, -0.25) is 0 Å². The van der Waals surface area contributed by atoms with Gasteiger partial charge in [-0.2, -0.15) is 0 Å². The van der Waals surface area contributed by atoms with Crippen LogP contribution in [0.2, 0.25) is 0 Å². The lowest BCUT2D eigenvalue weighted by atomic mass is 10.0. The molecule has 0 spiro atoms. The maximum Gasteiger partial charge on any atom is 0.101 e. The van der Waals surface area contributed by atoms with Gasteiger partial charge in [-0.1, -0.05) is 136 Å². The fourth-order valence-corrected chi connectivity index (χ4v) is 5.36. The lowest BCUT2D eigenvalue weighted by Gasteiger charge is -2.35. The van der Waals surface area contributed by atoms with Crippen LogP contribution in [0.1, 0.15) is 169 Å². The molecule has 2 heteroatoms. The van der Waals surface area contributed by atoms with Gasteiger partial charge in [0.1, 0.15) is 6.17 Å². The molecule has 0 N–H and O–H groups in total. The van der Waals surface area contributed by atoms with Gasteiger partial charge in [-0.25, -0.2) is 0 Å². The van der Waals surface area contributed by atoms with E-state index in [0.29, 0.717) is 12.2 Å². The van der Waals surface area contributed by atoms with Crippen molar-refractivity contribution in [2.24, 2.45) is 0 Å². The lowest BCUT2D eigenvalue weighted by molar-refractivity contribution is 0.114. The third-order valence-corrected chi connectivity index (χ3v) is 7.59. The van der Waals surface area contributed by atoms with E-state index in [1.165, 1.54) is 148 Å². The smallest absolute Gasteiger partial charge is 0.101 e. The zero-order valence-corrected chi connectivity index (χ0v) is 23.5. The fourth-order valence-electron chi connectivity index (χ4n) is 5.36. The van der Waals surface area contributed by atoms with Gasteiger partial charge in [-0.15, -0.1) is 0 Å². The van der Waals surface area contributed by atoms with E-state index in [-0.39, 0.29) is 0 Å². The molecule has 0 aromatic carbocycles. The molecule has 0 fully saturated rings. The molecule has 1 rings (SSSR count). The summed E-state index contributed by atoms with van der Waals surface area (Å²) in [7, 11) is 0. The fraction of sp³-hybridized carbons (Fsp3) is 0.935. The monoisotopic (exact) mass is 462 g/mol. The minimum atomic E-state index is 0.608. The van der Waals surface area contributed by atoms with E-state index in [1.54, 1.807) is 0 Å². The van der Waals surface area contributed by atoms with E-state index in [0.717, 1.165) is 0 Å². The van der Waals surface area contributed by atoms with Crippen molar-refractivity contribution in [3.8, 4) is 0 Å². The average Bonchev–Trinajstić information content (AvgIpc) is 3.21. The van der Waals surface area contributed by atoms with Crippen LogP contribution in [0.25, 0.3) is 0 Å². The quantitative estimate of drug-likeness (QED) is 0.132. The van der Waals surface area contributed by atoms with Crippen LogP contribution in [0.5, 0.6) is 0 Å². The van der Waals surface area contributed by atoms with Gasteiger partial charge < -0.3 is 9.80 Å². The summed E-state index contributed by atoms with van der Waals surface area (Å²) in [6.45, 7) is 10.5. The number of hydrogen-bond donors (Lipinski definition) is 0. The zero-order chi connectivity index (χ0) is 24.0. The lowest BCUT2D eigenvalue weighted by Crippen LogP contribution is -2.42. The highest BCUT2D eigenvalue weighted by atomic mass is 15.4. The Labute approximate surface area is 210 Å². The zero-order valence-electron chi connectivity index (χ0n) is 23.5. The van der Waals surface area contributed by atoms with Crippen LogP contribution in [0.15, 0.2) is 12.4 Å². The molecule has 0 saturated heterocycles. The first kappa shape index (κ1) is 30.4. The third-order valence-electron chi connectivity index (χ3n) is 7.59. The van der Waals surface area contributed by atoms with Gasteiger partial charge in [0.05, 0.1) is 0 Å². The van der Waals surface area contributed by atoms with Crippen LogP contribution in [-0.4, -0.2) is 28.6 Å². The van der Waals surface area contributed by atoms with Crippen LogP contribution < -0.4 is 0 Å². The van der Waals surface area contributed by atoms with Gasteiger partial charge >= 0.3 is 0 Å². The largest absolute Gasteiger partial charge is 0.356 e. The van der Waals surface area contributed by atoms with E-state index < -0.39 is 0 Å². The van der Waals surface area contributed by atoms with Gasteiger partial charge in [0.25, 0.3) is 0 Å². The molecule has 1 aliphatic heterocycles. The molecule has 33 heavy (non-hydrogen) atoms. The van der Waals surface area contributed by atoms with Gasteiger partial charge in [0, 0.05) is 25.0 Å². The Morgan fingerprint density at radius 1 is 0.515 bits per heavy atom. The van der Waals surface area contributed by atoms with Gasteiger partial charge in [-0.05, 0) is 33.1 Å². The number of nitrogens with zero attached hydrogens (tertiary/aromatic N) is 2. The molecule has 0 aromatic heterocycles. The molecule has 2 nitrogen and oxygen atoms in total. The summed E-state index contributed by atoms with van der Waals surface area (Å²) in [5.41, 5.74) is 0. The summed E-state index contributed by atoms with van der Waals surface area (Å²) in [6.07, 6.45) is 36.8. The van der Waals surface area contributed by atoms with Crippen molar-refractivity contribution >= 4 is 0 Å². The summed E-state index contributed by atoms with van der Waals surface area (Å²) in [6, 6.07) is 0.608. The second-order valence-corrected chi connectivity index (χ2v) is 11.1. The molecule has 0 radical (unpaired) electrons. The SMILES string of the molecule is CCCCCCCCCCCCCCCCN1C=CN(C(C)C)C1CCCCCCCCC. The van der Waals surface area contributed by atoms with Crippen LogP contribution in [0, 0.1) is 0 Å². The van der Waals surface area contributed by atoms with E-state index in [4.69, 9.17) is 0 Å². The van der Waals surface area contributed by atoms with E-state index in [1.807, 2.05) is 0 Å². The number of hydrogen-bond acceptors (Lipinski definition) is 2. The van der Waals surface area contributed by atoms with Crippen molar-refractivity contribution < 1.29 is 0 Å². The molecule has 0 bridgehead atoms. The van der Waals surface area contributed by atoms with Crippen LogP contribution in [0.3, 0.4) is 0 Å². The van der Waals surface area contributed by atoms with Crippen molar-refractivity contribution in [1.29, 1.82) is 0 Å². The molecule has 0 aliphatic carbocycles. The molecule has 0 saturated carbocycles. The summed E-state index contributed by atoms with van der Waals surface area (Å²) >= 11 is 0. The maximum atomic E-state index is 2.65. The summed E-state index contributed by atoms with van der Waals surface area (Å²) in [4.78, 5) is 5.25. The van der Waals surface area contributed by atoms with Crippen molar-refractivity contribution in [1.82, 2.24) is 9.80 Å². The topological polar surface area (TPSA) is 6.48 Å². The number of unbranched alkanes of at least 4 members (excludes halogenated alkanes) is 19. The molecule has 1 heterocycles. The first-order chi connectivity index (χ1) is 16.2. The summed E-state index contributed by atoms with van der Waals surface area (Å²) < 4.78 is 0. The Morgan fingerprint density at radius 3 is 1.33 bits per heavy atom. The van der Waals surface area contributed by atoms with Crippen molar-refractivity contribution in [3.63, 3.8) is 0 Å². The van der Waals surface area contributed by atoms with Crippen LogP contribution in [0.4, 0.5) is 0 Å². The second-order valence-electron chi connectivity index (χ2n) is 11.1. The van der Waals surface area contributed by atoms with Crippen LogP contribution in [-0.2, 0) is 0 Å². The predicted octanol–water partition coefficient (Wildman–Crippen LogP) is 10.4. The van der Waals surface area contributed by atoms with Crippen molar-refractivity contribution in [3.05, 3.63) is 12.4 Å². The molecule has 1 aliphatic rings. The Morgan fingerprint density at radius 2 is 0.909 bits per heavy atom. The molecule has 0 amide bonds. The summed E-state index contributed by atoms with van der Waals surface area (Å²) in [5.74, 6) is 0. The Bertz CT molecular complexity index is 431. The Balaban J connectivity index is 2.03. The number of rotatable bonds is 24. The van der Waals surface area contributed by atoms with Gasteiger partial charge in [0.15, 0.2) is 0 Å². The minimum Gasteiger partial charge on any atom is -0.356 e. The first-order valence-corrected chi connectivity index (χ1v) is 15.4. The normalized spacial score (nSPS) is 16.0. The predicted molar refractivity (Wildman–Crippen MR) is 150 cm³/mol. The van der Waals surface area contributed by atoms with Crippen molar-refractivity contribution in [2.45, 2.75) is 181 Å². The first-order valence-electron chi connectivity index (χ1n) is 15.4. The average molecular weight is 463 g/mol. The van der Waals surface area contributed by atoms with Crippen molar-refractivity contribution in [2.75, 3.05) is 6.54 Å². The van der Waals surface area contributed by atoms with Crippen LogP contribution >= 0.6 is 0 Å². The molecule has 1 unspecified atom stereocenters. The maximum absolute atomic E-state index is 2.65. The van der Waals surface area contributed by atoms with E-state index in [9.17, 15) is 0 Å². The second kappa shape index (κ2) is 21.8. The Hall–Kier alpha value is -0.660. The molecule has 1 atom stereocenters. The molecule has 196 valence electrons. The molecular formula is C31H62N2. The summed E-state index contributed by atoms with van der Waals surface area (Å²) in [5, 5.41) is 0. The van der Waals surface area contributed by atoms with E-state index >= 15 is 0 Å². The Kier molecular flexibility index (Phi) is 20.1. The highest BCUT2D eigenvalue weighted by molar-refractivity contribution is 4.98. The molecular weight excluding hydrogens is 400 g/mol. The minimum absolute atomic E-state index is 0.608. The van der Waals surface area contributed by atoms with Gasteiger partial charge in [0.2, 0.25) is 0 Å². The standard InChI is InChI=1S/C31H62N2/c1-5-7-9-11-13-14-15-16-17-18-19-21-23-25-27-32-28-29-33(30(3)4)31(32)26-24-22-20-12-10-8-6-2/h28-31H,5-27H2,1-4H3. The van der Waals surface area contributed by atoms with E-state index in [2.05, 4.69) is 49.9 Å². The highest BCUT2D eigenvalue weighted by Gasteiger charge is 2.26. The highest BCUT2D eigenvalue weighted by Crippen LogP contribution is 2.25.